The third-order valence-corrected chi connectivity index (χ3v) is 3.73. The molecule has 1 amide bonds. The second-order valence-corrected chi connectivity index (χ2v) is 5.50. The largest absolute Gasteiger partial charge is 0.490 e. The van der Waals surface area contributed by atoms with Crippen LogP contribution in [0, 0.1) is 6.92 Å². The quantitative estimate of drug-likeness (QED) is 0.942. The van der Waals surface area contributed by atoms with E-state index >= 15 is 0 Å². The van der Waals surface area contributed by atoms with Gasteiger partial charge in [-0.05, 0) is 24.6 Å². The number of aryl methyl sites for hydroxylation is 1. The minimum atomic E-state index is 0.0261. The Labute approximate surface area is 130 Å². The molecule has 0 bridgehead atoms. The Balaban J connectivity index is 1.59. The summed E-state index contributed by atoms with van der Waals surface area (Å²) in [6, 6.07) is 16.0. The molecule has 0 fully saturated rings. The summed E-state index contributed by atoms with van der Waals surface area (Å²) < 4.78 is 5.60. The number of para-hydroxylation sites is 2. The number of benzene rings is 2. The minimum Gasteiger partial charge on any atom is -0.490 e. The van der Waals surface area contributed by atoms with Crippen molar-refractivity contribution in [3.05, 3.63) is 59.7 Å². The van der Waals surface area contributed by atoms with Gasteiger partial charge in [0, 0.05) is 6.54 Å². The molecule has 0 atom stereocenters. The van der Waals surface area contributed by atoms with Crippen molar-refractivity contribution in [2.75, 3.05) is 24.6 Å². The topological polar surface area (TPSA) is 41.6 Å². The maximum atomic E-state index is 12.2. The van der Waals surface area contributed by atoms with Crippen LogP contribution in [0.15, 0.2) is 48.5 Å². The molecule has 0 saturated heterocycles. The van der Waals surface area contributed by atoms with Crippen LogP contribution in [0.5, 0.6) is 5.75 Å². The molecule has 2 aromatic rings. The lowest BCUT2D eigenvalue weighted by Crippen LogP contribution is -2.41. The van der Waals surface area contributed by atoms with E-state index in [0.717, 1.165) is 23.5 Å². The monoisotopic (exact) mass is 296 g/mol. The highest BCUT2D eigenvalue weighted by atomic mass is 16.5. The van der Waals surface area contributed by atoms with Gasteiger partial charge in [-0.2, -0.15) is 0 Å². The molecule has 0 aliphatic carbocycles. The van der Waals surface area contributed by atoms with E-state index in [2.05, 4.69) is 29.3 Å². The number of ether oxygens (including phenoxy) is 1. The highest BCUT2D eigenvalue weighted by Crippen LogP contribution is 2.30. The van der Waals surface area contributed by atoms with Crippen LogP contribution < -0.4 is 15.0 Å². The van der Waals surface area contributed by atoms with Gasteiger partial charge in [0.15, 0.2) is 0 Å². The fourth-order valence-electron chi connectivity index (χ4n) is 2.64. The standard InChI is InChI=1S/C18H20N2O2/c1-14-5-4-6-15(11-14)12-19-18(21)13-20-9-10-22-17-8-3-2-7-16(17)20/h2-8,11H,9-10,12-13H2,1H3,(H,19,21). The van der Waals surface area contributed by atoms with Gasteiger partial charge in [0.2, 0.25) is 5.91 Å². The zero-order chi connectivity index (χ0) is 15.4. The van der Waals surface area contributed by atoms with Crippen LogP contribution in [0.1, 0.15) is 11.1 Å². The van der Waals surface area contributed by atoms with E-state index < -0.39 is 0 Å². The van der Waals surface area contributed by atoms with Gasteiger partial charge in [0.05, 0.1) is 18.8 Å². The van der Waals surface area contributed by atoms with Crippen molar-refractivity contribution in [2.45, 2.75) is 13.5 Å². The molecular weight excluding hydrogens is 276 g/mol. The lowest BCUT2D eigenvalue weighted by molar-refractivity contribution is -0.120. The molecule has 3 rings (SSSR count). The van der Waals surface area contributed by atoms with E-state index in [1.807, 2.05) is 36.4 Å². The third kappa shape index (κ3) is 3.39. The minimum absolute atomic E-state index is 0.0261. The summed E-state index contributed by atoms with van der Waals surface area (Å²) in [6.07, 6.45) is 0. The first-order valence-corrected chi connectivity index (χ1v) is 7.51. The Morgan fingerprint density at radius 3 is 2.95 bits per heavy atom. The van der Waals surface area contributed by atoms with Gasteiger partial charge in [-0.3, -0.25) is 4.79 Å². The third-order valence-electron chi connectivity index (χ3n) is 3.73. The van der Waals surface area contributed by atoms with E-state index in [0.29, 0.717) is 19.7 Å². The number of hydrogen-bond acceptors (Lipinski definition) is 3. The summed E-state index contributed by atoms with van der Waals surface area (Å²) in [5, 5.41) is 2.98. The van der Waals surface area contributed by atoms with Gasteiger partial charge in [0.25, 0.3) is 0 Å². The number of nitrogens with one attached hydrogen (secondary N) is 1. The number of carbonyl (C=O) groups is 1. The zero-order valence-corrected chi connectivity index (χ0v) is 12.7. The Hall–Kier alpha value is -2.49. The molecule has 0 radical (unpaired) electrons. The fourth-order valence-corrected chi connectivity index (χ4v) is 2.64. The van der Waals surface area contributed by atoms with Crippen molar-refractivity contribution >= 4 is 11.6 Å². The summed E-state index contributed by atoms with van der Waals surface area (Å²) in [5.41, 5.74) is 3.31. The predicted octanol–water partition coefficient (Wildman–Crippen LogP) is 2.51. The number of fused-ring (bicyclic) bond motifs is 1. The fraction of sp³-hybridized carbons (Fsp3) is 0.278. The van der Waals surface area contributed by atoms with E-state index in [-0.39, 0.29) is 5.91 Å². The molecule has 4 nitrogen and oxygen atoms in total. The van der Waals surface area contributed by atoms with Crippen molar-refractivity contribution in [3.63, 3.8) is 0 Å². The van der Waals surface area contributed by atoms with Gasteiger partial charge in [0.1, 0.15) is 12.4 Å². The van der Waals surface area contributed by atoms with Gasteiger partial charge >= 0.3 is 0 Å². The van der Waals surface area contributed by atoms with Crippen LogP contribution in [0.25, 0.3) is 0 Å². The Morgan fingerprint density at radius 2 is 2.09 bits per heavy atom. The molecule has 1 aliphatic rings. The molecule has 22 heavy (non-hydrogen) atoms. The number of hydrogen-bond donors (Lipinski definition) is 1. The summed E-state index contributed by atoms with van der Waals surface area (Å²) >= 11 is 0. The van der Waals surface area contributed by atoms with Gasteiger partial charge in [-0.25, -0.2) is 0 Å². The second kappa shape index (κ2) is 6.52. The smallest absolute Gasteiger partial charge is 0.239 e. The average Bonchev–Trinajstić information content (AvgIpc) is 2.53. The molecule has 0 saturated carbocycles. The van der Waals surface area contributed by atoms with Crippen LogP contribution in [-0.2, 0) is 11.3 Å². The molecule has 0 unspecified atom stereocenters. The van der Waals surface area contributed by atoms with Crippen LogP contribution >= 0.6 is 0 Å². The second-order valence-electron chi connectivity index (χ2n) is 5.50. The molecule has 4 heteroatoms. The van der Waals surface area contributed by atoms with E-state index in [1.54, 1.807) is 0 Å². The Bertz CT molecular complexity index is 670. The molecule has 1 N–H and O–H groups in total. The molecule has 2 aromatic carbocycles. The number of nitrogens with zero attached hydrogens (tertiary/aromatic N) is 1. The van der Waals surface area contributed by atoms with E-state index in [4.69, 9.17) is 4.74 Å². The maximum absolute atomic E-state index is 12.2. The van der Waals surface area contributed by atoms with Gasteiger partial charge in [-0.1, -0.05) is 42.0 Å². The van der Waals surface area contributed by atoms with Crippen LogP contribution in [0.4, 0.5) is 5.69 Å². The predicted molar refractivity (Wildman–Crippen MR) is 87.2 cm³/mol. The van der Waals surface area contributed by atoms with Crippen LogP contribution in [-0.4, -0.2) is 25.6 Å². The maximum Gasteiger partial charge on any atom is 0.239 e. The normalized spacial score (nSPS) is 13.2. The number of rotatable bonds is 4. The summed E-state index contributed by atoms with van der Waals surface area (Å²) in [4.78, 5) is 14.2. The highest BCUT2D eigenvalue weighted by Gasteiger charge is 2.19. The molecule has 1 heterocycles. The number of anilines is 1. The molecule has 0 spiro atoms. The summed E-state index contributed by atoms with van der Waals surface area (Å²) in [6.45, 7) is 4.31. The van der Waals surface area contributed by atoms with Crippen molar-refractivity contribution in [1.29, 1.82) is 0 Å². The van der Waals surface area contributed by atoms with Crippen molar-refractivity contribution in [1.82, 2.24) is 5.32 Å². The zero-order valence-electron chi connectivity index (χ0n) is 12.7. The Kier molecular flexibility index (Phi) is 4.28. The Morgan fingerprint density at radius 1 is 1.23 bits per heavy atom. The van der Waals surface area contributed by atoms with Gasteiger partial charge < -0.3 is 15.0 Å². The summed E-state index contributed by atoms with van der Waals surface area (Å²) in [7, 11) is 0. The molecule has 114 valence electrons. The van der Waals surface area contributed by atoms with Crippen molar-refractivity contribution < 1.29 is 9.53 Å². The SMILES string of the molecule is Cc1cccc(CNC(=O)CN2CCOc3ccccc32)c1. The molecule has 0 aromatic heterocycles. The van der Waals surface area contributed by atoms with Crippen LogP contribution in [0.2, 0.25) is 0 Å². The highest BCUT2D eigenvalue weighted by molar-refractivity contribution is 5.82. The first-order valence-electron chi connectivity index (χ1n) is 7.51. The van der Waals surface area contributed by atoms with Crippen LogP contribution in [0.3, 0.4) is 0 Å². The first kappa shape index (κ1) is 14.4. The molecule has 1 aliphatic heterocycles. The summed E-state index contributed by atoms with van der Waals surface area (Å²) in [5.74, 6) is 0.874. The first-order chi connectivity index (χ1) is 10.7. The lowest BCUT2D eigenvalue weighted by Gasteiger charge is -2.30. The molecular formula is C18H20N2O2. The lowest BCUT2D eigenvalue weighted by atomic mass is 10.1. The average molecular weight is 296 g/mol. The van der Waals surface area contributed by atoms with Crippen molar-refractivity contribution in [2.24, 2.45) is 0 Å². The van der Waals surface area contributed by atoms with Gasteiger partial charge in [-0.15, -0.1) is 0 Å². The number of carbonyl (C=O) groups excluding carboxylic acids is 1. The van der Waals surface area contributed by atoms with E-state index in [1.165, 1.54) is 5.56 Å². The van der Waals surface area contributed by atoms with Crippen molar-refractivity contribution in [3.8, 4) is 5.75 Å². The number of amides is 1. The van der Waals surface area contributed by atoms with E-state index in [9.17, 15) is 4.79 Å².